The summed E-state index contributed by atoms with van der Waals surface area (Å²) in [6.45, 7) is 6.57. The molecule has 8 bridgehead atoms. The van der Waals surface area contributed by atoms with Crippen LogP contribution in [0.1, 0.15) is 104 Å². The van der Waals surface area contributed by atoms with Gasteiger partial charge in [-0.2, -0.15) is 0 Å². The van der Waals surface area contributed by atoms with E-state index < -0.39 is 53.9 Å². The topological polar surface area (TPSA) is 234 Å². The van der Waals surface area contributed by atoms with E-state index in [-0.39, 0.29) is 56.0 Å². The van der Waals surface area contributed by atoms with Gasteiger partial charge in [0.25, 0.3) is 0 Å². The van der Waals surface area contributed by atoms with Gasteiger partial charge in [-0.1, -0.05) is 71.3 Å². The standard InChI is InChI=1S/C50H46N4O12.Mn/c1-23-31(13-15-43(55)56)37-20-38-32(14-16-44(57)58)24(2)34(52-38)18-39-46(42(66-50(62)30-11-12-30)22-64-48(60)28-7-8-28)26(4)36(54-39)19-40-45(25(3)35(53-40)17-33(23)51-37)41(65-49(61)29-9-10-29)21-63-47(59)27-5-6-27;/h5,7,9,11-12,17-20,30,41-42H,6,8,10,13-16,21-22H2,1-4H3,(H4,51,52,53,54,55,56,57,58);/q;+2/p-2. The number of aromatic nitrogens is 4. The number of ether oxygens (including phenoxy) is 4. The van der Waals surface area contributed by atoms with Crippen molar-refractivity contribution in [1.29, 1.82) is 0 Å². The van der Waals surface area contributed by atoms with Gasteiger partial charge in [-0.05, 0) is 82.1 Å². The second-order valence-corrected chi connectivity index (χ2v) is 16.9. The molecule has 2 N–H and O–H groups in total. The van der Waals surface area contributed by atoms with E-state index in [1.807, 2.05) is 13.8 Å². The van der Waals surface area contributed by atoms with E-state index in [0.29, 0.717) is 125 Å². The third-order valence-corrected chi connectivity index (χ3v) is 12.2. The fraction of sp³-hybridized carbons (Fsp3) is 0.320. The van der Waals surface area contributed by atoms with Crippen molar-refractivity contribution >= 4 is 80.2 Å². The summed E-state index contributed by atoms with van der Waals surface area (Å²) in [6.07, 6.45) is 7.63. The molecule has 2 aliphatic heterocycles. The minimum Gasteiger partial charge on any atom is -0.657 e. The summed E-state index contributed by atoms with van der Waals surface area (Å²) in [5.41, 5.74) is 9.30. The molecule has 67 heavy (non-hydrogen) atoms. The van der Waals surface area contributed by atoms with Crippen LogP contribution in [0.5, 0.6) is 0 Å². The zero-order chi connectivity index (χ0) is 46.6. The Morgan fingerprint density at radius 3 is 1.75 bits per heavy atom. The van der Waals surface area contributed by atoms with Crippen LogP contribution in [0, 0.1) is 19.8 Å². The Hall–Kier alpha value is -7.10. The molecule has 3 aromatic rings. The molecule has 0 saturated heterocycles. The Morgan fingerprint density at radius 1 is 0.627 bits per heavy atom. The Morgan fingerprint density at radius 2 is 1.13 bits per heavy atom. The van der Waals surface area contributed by atoms with Crippen molar-refractivity contribution < 1.29 is 75.0 Å². The molecular formula is C50H44MnN4O12. The van der Waals surface area contributed by atoms with Crippen molar-refractivity contribution in [3.05, 3.63) is 116 Å². The predicted octanol–water partition coefficient (Wildman–Crippen LogP) is 6.69. The van der Waals surface area contributed by atoms with Gasteiger partial charge in [0, 0.05) is 35.1 Å². The first-order chi connectivity index (χ1) is 31.6. The normalized spacial score (nSPS) is 16.2. The average Bonchev–Trinajstić information content (AvgIpc) is 4.08. The molecule has 2 unspecified atom stereocenters. The van der Waals surface area contributed by atoms with Crippen molar-refractivity contribution in [2.45, 2.75) is 84.8 Å². The molecule has 16 nitrogen and oxygen atoms in total. The molecule has 1 radical (unpaired) electrons. The Kier molecular flexibility index (Phi) is 12.9. The van der Waals surface area contributed by atoms with Gasteiger partial charge >= 0.3 is 52.9 Å². The SMILES string of the molecule is CC1=C(CCC(=O)O)c2cc3[n-]c(cc4nc(cc5[n-]c(cc1n2)c(C)c5C(COC(=O)C1=CC1)OC(=O)C1=CC1)C(C)=C4C(COC(=O)C1=CC1)OC(=O)C1C=C1)c(C)c3CCC(=O)O.[Mn+2]. The van der Waals surface area contributed by atoms with Crippen molar-refractivity contribution in [3.63, 3.8) is 0 Å². The van der Waals surface area contributed by atoms with Gasteiger partial charge in [0.05, 0.1) is 28.7 Å². The number of nitrogens with zero attached hydrogens (tertiary/aromatic N) is 4. The molecule has 3 aromatic heterocycles. The first-order valence-electron chi connectivity index (χ1n) is 21.6. The largest absolute Gasteiger partial charge is 2.00 e. The van der Waals surface area contributed by atoms with Crippen LogP contribution >= 0.6 is 0 Å². The summed E-state index contributed by atoms with van der Waals surface area (Å²) < 4.78 is 23.6. The molecule has 0 fully saturated rings. The van der Waals surface area contributed by atoms with Gasteiger partial charge in [-0.25, -0.2) is 24.4 Å². The zero-order valence-corrected chi connectivity index (χ0v) is 38.1. The summed E-state index contributed by atoms with van der Waals surface area (Å²) >= 11 is 0. The van der Waals surface area contributed by atoms with Gasteiger partial charge in [0.2, 0.25) is 0 Å². The van der Waals surface area contributed by atoms with Crippen LogP contribution in [0.4, 0.5) is 0 Å². The van der Waals surface area contributed by atoms with Gasteiger partial charge in [0.1, 0.15) is 13.2 Å². The van der Waals surface area contributed by atoms with E-state index in [4.69, 9.17) is 38.9 Å². The summed E-state index contributed by atoms with van der Waals surface area (Å²) in [5.74, 6) is -4.74. The molecule has 0 aromatic carbocycles. The summed E-state index contributed by atoms with van der Waals surface area (Å²) in [7, 11) is 0. The Balaban J connectivity index is 0.00000608. The number of carbonyl (C=O) groups is 6. The number of carboxylic acids is 2. The van der Waals surface area contributed by atoms with Crippen LogP contribution in [0.2, 0.25) is 0 Å². The van der Waals surface area contributed by atoms with E-state index in [2.05, 4.69) is 0 Å². The monoisotopic (exact) mass is 947 g/mol. The zero-order valence-electron chi connectivity index (χ0n) is 36.9. The van der Waals surface area contributed by atoms with E-state index in [0.717, 1.165) is 0 Å². The molecule has 2 atom stereocenters. The van der Waals surface area contributed by atoms with Gasteiger partial charge in [-0.3, -0.25) is 14.4 Å². The van der Waals surface area contributed by atoms with Crippen molar-refractivity contribution in [1.82, 2.24) is 19.9 Å². The molecule has 9 rings (SSSR count). The van der Waals surface area contributed by atoms with Crippen LogP contribution in [0.25, 0.3) is 44.4 Å². The van der Waals surface area contributed by atoms with E-state index in [1.54, 1.807) is 68.5 Å². The number of aliphatic carboxylic acids is 2. The van der Waals surface area contributed by atoms with Crippen molar-refractivity contribution in [3.8, 4) is 0 Å². The minimum absolute atomic E-state index is 0. The number of carboxylic acid groups (broad SMARTS) is 2. The number of allylic oxidation sites excluding steroid dienone is 6. The van der Waals surface area contributed by atoms with Crippen LogP contribution < -0.4 is 9.97 Å². The van der Waals surface area contributed by atoms with Crippen LogP contribution in [-0.2, 0) is 71.2 Å². The molecule has 6 aliphatic rings. The fourth-order valence-electron chi connectivity index (χ4n) is 8.04. The van der Waals surface area contributed by atoms with Gasteiger partial charge in [0.15, 0.2) is 12.2 Å². The fourth-order valence-corrected chi connectivity index (χ4v) is 8.04. The molecule has 0 amide bonds. The Labute approximate surface area is 394 Å². The van der Waals surface area contributed by atoms with Gasteiger partial charge < -0.3 is 39.1 Å². The minimum atomic E-state index is -1.14. The number of hydrogen-bond donors (Lipinski definition) is 2. The molecular weight excluding hydrogens is 904 g/mol. The number of hydrogen-bond acceptors (Lipinski definition) is 12. The average molecular weight is 948 g/mol. The van der Waals surface area contributed by atoms with Crippen molar-refractivity contribution in [2.24, 2.45) is 5.92 Å². The quantitative estimate of drug-likeness (QED) is 0.0585. The third-order valence-electron chi connectivity index (χ3n) is 12.2. The molecule has 343 valence electrons. The van der Waals surface area contributed by atoms with E-state index >= 15 is 0 Å². The van der Waals surface area contributed by atoms with Crippen LogP contribution in [0.3, 0.4) is 0 Å². The van der Waals surface area contributed by atoms with Crippen LogP contribution in [-0.4, -0.2) is 75.3 Å². The Bertz CT molecular complexity index is 3060. The van der Waals surface area contributed by atoms with Crippen LogP contribution in [0.15, 0.2) is 71.4 Å². The molecule has 5 heterocycles. The third kappa shape index (κ3) is 10.2. The number of rotatable bonds is 18. The summed E-state index contributed by atoms with van der Waals surface area (Å²) in [6, 6.07) is 6.88. The predicted molar refractivity (Wildman–Crippen MR) is 238 cm³/mol. The summed E-state index contributed by atoms with van der Waals surface area (Å²) in [4.78, 5) is 96.4. The maximum Gasteiger partial charge on any atom is 2.00 e. The number of carbonyl (C=O) groups excluding carboxylic acids is 4. The maximum atomic E-state index is 13.4. The van der Waals surface area contributed by atoms with Gasteiger partial charge in [-0.15, -0.1) is 22.1 Å². The first kappa shape index (κ1) is 46.4. The number of aryl methyl sites for hydroxylation is 3. The second-order valence-electron chi connectivity index (χ2n) is 16.9. The number of fused-ring (bicyclic) bond motifs is 8. The van der Waals surface area contributed by atoms with E-state index in [1.165, 1.54) is 0 Å². The van der Waals surface area contributed by atoms with E-state index in [9.17, 15) is 39.0 Å². The second kappa shape index (κ2) is 18.6. The molecule has 4 aliphatic carbocycles. The number of esters is 4. The smallest absolute Gasteiger partial charge is 0.657 e. The van der Waals surface area contributed by atoms with Crippen molar-refractivity contribution in [2.75, 3.05) is 13.2 Å². The molecule has 0 spiro atoms. The first-order valence-corrected chi connectivity index (χ1v) is 21.6. The molecule has 0 saturated carbocycles. The maximum absolute atomic E-state index is 13.4. The molecule has 17 heteroatoms. The summed E-state index contributed by atoms with van der Waals surface area (Å²) in [5, 5.41) is 19.5.